The number of nitrogens with zero attached hydrogens (tertiary/aromatic N) is 5. The number of hydrogen-bond donors (Lipinski definition) is 1. The lowest BCUT2D eigenvalue weighted by molar-refractivity contribution is -0.119. The first kappa shape index (κ1) is 26.8. The Morgan fingerprint density at radius 1 is 1.23 bits per heavy atom. The Balaban J connectivity index is 1.78. The van der Waals surface area contributed by atoms with E-state index in [4.69, 9.17) is 9.47 Å². The van der Waals surface area contributed by atoms with Crippen molar-refractivity contribution in [2.24, 2.45) is 0 Å². The van der Waals surface area contributed by atoms with Gasteiger partial charge in [-0.1, -0.05) is 18.3 Å². The quantitative estimate of drug-likeness (QED) is 0.336. The summed E-state index contributed by atoms with van der Waals surface area (Å²) in [7, 11) is 1.48. The molecule has 2 atom stereocenters. The Labute approximate surface area is 226 Å². The Hall–Kier alpha value is -3.84. The lowest BCUT2D eigenvalue weighted by Crippen LogP contribution is -2.51. The first-order chi connectivity index (χ1) is 18.7. The fourth-order valence-corrected chi connectivity index (χ4v) is 6.24. The van der Waals surface area contributed by atoms with Crippen LogP contribution in [0.1, 0.15) is 43.9 Å². The van der Waals surface area contributed by atoms with E-state index < -0.39 is 28.7 Å². The third-order valence-electron chi connectivity index (χ3n) is 6.95. The van der Waals surface area contributed by atoms with Crippen LogP contribution < -0.4 is 21.3 Å². The summed E-state index contributed by atoms with van der Waals surface area (Å²) in [6.45, 7) is 5.89. The van der Waals surface area contributed by atoms with Crippen LogP contribution in [0, 0.1) is 12.7 Å². The molecule has 0 aliphatic carbocycles. The summed E-state index contributed by atoms with van der Waals surface area (Å²) in [6, 6.07) is 4.14. The van der Waals surface area contributed by atoms with Crippen molar-refractivity contribution in [2.45, 2.75) is 51.8 Å². The molecule has 0 unspecified atom stereocenters. The molecule has 4 heterocycles. The summed E-state index contributed by atoms with van der Waals surface area (Å²) in [5.74, 6) is -0.301. The number of aryl methyl sites for hydroxylation is 1. The minimum Gasteiger partial charge on any atom is -0.496 e. The van der Waals surface area contributed by atoms with Gasteiger partial charge in [-0.3, -0.25) is 18.7 Å². The molecule has 0 bridgehead atoms. The predicted octanol–water partition coefficient (Wildman–Crippen LogP) is 2.66. The molecule has 1 aliphatic rings. The van der Waals surface area contributed by atoms with Crippen molar-refractivity contribution in [3.63, 3.8) is 0 Å². The Kier molecular flexibility index (Phi) is 7.12. The predicted molar refractivity (Wildman–Crippen MR) is 143 cm³/mol. The van der Waals surface area contributed by atoms with Gasteiger partial charge in [0.15, 0.2) is 0 Å². The zero-order valence-corrected chi connectivity index (χ0v) is 22.9. The van der Waals surface area contributed by atoms with Gasteiger partial charge >= 0.3 is 5.69 Å². The van der Waals surface area contributed by atoms with Crippen molar-refractivity contribution in [3.05, 3.63) is 68.4 Å². The zero-order valence-electron chi connectivity index (χ0n) is 22.1. The number of nitrogens with one attached hydrogen (secondary N) is 1. The summed E-state index contributed by atoms with van der Waals surface area (Å²) in [4.78, 5) is 42.1. The molecule has 39 heavy (non-hydrogen) atoms. The third-order valence-corrected chi connectivity index (χ3v) is 8.23. The van der Waals surface area contributed by atoms with Crippen LogP contribution in [0.2, 0.25) is 0 Å². The van der Waals surface area contributed by atoms with Gasteiger partial charge in [0.05, 0.1) is 43.4 Å². The number of carbonyl (C=O) groups excluding carboxylic acids is 1. The van der Waals surface area contributed by atoms with Crippen LogP contribution in [0.25, 0.3) is 15.2 Å². The van der Waals surface area contributed by atoms with Crippen LogP contribution in [-0.4, -0.2) is 50.3 Å². The van der Waals surface area contributed by atoms with Crippen LogP contribution in [0.4, 0.5) is 4.39 Å². The van der Waals surface area contributed by atoms with Gasteiger partial charge in [-0.05, 0) is 38.5 Å². The second-order valence-corrected chi connectivity index (χ2v) is 10.7. The van der Waals surface area contributed by atoms with Crippen LogP contribution in [0.3, 0.4) is 0 Å². The molecule has 0 radical (unpaired) electrons. The molecule has 1 fully saturated rings. The number of methoxy groups -OCH3 is 1. The van der Waals surface area contributed by atoms with Gasteiger partial charge < -0.3 is 14.8 Å². The number of rotatable bonds is 9. The highest BCUT2D eigenvalue weighted by molar-refractivity contribution is 7.21. The Morgan fingerprint density at radius 3 is 2.62 bits per heavy atom. The number of hydrogen-bond acceptors (Lipinski definition) is 8. The number of benzene rings is 1. The molecule has 13 heteroatoms. The molecule has 1 aliphatic heterocycles. The lowest BCUT2D eigenvalue weighted by atomic mass is 10.0. The first-order valence-corrected chi connectivity index (χ1v) is 13.4. The van der Waals surface area contributed by atoms with Gasteiger partial charge in [-0.25, -0.2) is 9.18 Å². The first-order valence-electron chi connectivity index (χ1n) is 12.6. The van der Waals surface area contributed by atoms with Crippen LogP contribution in [0.15, 0.2) is 40.2 Å². The van der Waals surface area contributed by atoms with Crippen molar-refractivity contribution >= 4 is 27.5 Å². The van der Waals surface area contributed by atoms with Crippen LogP contribution in [-0.2, 0) is 21.6 Å². The van der Waals surface area contributed by atoms with Crippen molar-refractivity contribution in [2.75, 3.05) is 20.3 Å². The monoisotopic (exact) mass is 556 g/mol. The zero-order chi connectivity index (χ0) is 27.9. The van der Waals surface area contributed by atoms with Gasteiger partial charge in [0.25, 0.3) is 5.56 Å². The Morgan fingerprint density at radius 2 is 1.97 bits per heavy atom. The molecule has 11 nitrogen and oxygen atoms in total. The number of carbonyl (C=O) groups is 1. The van der Waals surface area contributed by atoms with Gasteiger partial charge in [0, 0.05) is 24.3 Å². The van der Waals surface area contributed by atoms with E-state index in [-0.39, 0.29) is 25.4 Å². The van der Waals surface area contributed by atoms with E-state index in [1.807, 2.05) is 6.92 Å². The maximum Gasteiger partial charge on any atom is 0.332 e. The standard InChI is InChI=1S/C26H29FN6O5S/c1-5-10-38-19(17-11-16(27)6-7-18(17)37-4)13-31-24-21(15(2)23(39-24)33-29-8-9-30-33)22(35)32(25(31)36)26(3)12-20(34)28-14-26/h6-9,11,19H,5,10,12-14H2,1-4H3,(H,28,34)/t19-,26+/m0/s1. The lowest BCUT2D eigenvalue weighted by Gasteiger charge is -2.27. The van der Waals surface area contributed by atoms with Crippen molar-refractivity contribution in [1.29, 1.82) is 0 Å². The average Bonchev–Trinajstić information content (AvgIpc) is 3.63. The number of aromatic nitrogens is 5. The fourth-order valence-electron chi connectivity index (χ4n) is 5.02. The van der Waals surface area contributed by atoms with E-state index in [1.165, 1.54) is 58.4 Å². The fraction of sp³-hybridized carbons (Fsp3) is 0.423. The molecule has 5 rings (SSSR count). The normalized spacial score (nSPS) is 18.0. The smallest absolute Gasteiger partial charge is 0.332 e. The van der Waals surface area contributed by atoms with Crippen molar-refractivity contribution < 1.29 is 18.7 Å². The molecular formula is C26H29FN6O5S. The average molecular weight is 557 g/mol. The largest absolute Gasteiger partial charge is 0.496 e. The topological polar surface area (TPSA) is 122 Å². The molecule has 206 valence electrons. The molecular weight excluding hydrogens is 527 g/mol. The minimum absolute atomic E-state index is 0.0160. The van der Waals surface area contributed by atoms with E-state index in [2.05, 4.69) is 15.5 Å². The van der Waals surface area contributed by atoms with E-state index in [0.717, 1.165) is 4.57 Å². The Bertz CT molecular complexity index is 1660. The number of amides is 1. The highest BCUT2D eigenvalue weighted by atomic mass is 32.1. The number of halogens is 1. The number of ether oxygens (including phenoxy) is 2. The van der Waals surface area contributed by atoms with Gasteiger partial charge in [0.1, 0.15) is 27.5 Å². The highest BCUT2D eigenvalue weighted by Crippen LogP contribution is 2.34. The second-order valence-electron chi connectivity index (χ2n) is 9.76. The van der Waals surface area contributed by atoms with E-state index >= 15 is 0 Å². The van der Waals surface area contributed by atoms with E-state index in [9.17, 15) is 18.8 Å². The summed E-state index contributed by atoms with van der Waals surface area (Å²) >= 11 is 1.21. The maximum atomic E-state index is 14.4. The summed E-state index contributed by atoms with van der Waals surface area (Å²) in [6.07, 6.45) is 2.95. The summed E-state index contributed by atoms with van der Waals surface area (Å²) < 4.78 is 28.6. The molecule has 0 saturated carbocycles. The minimum atomic E-state index is -1.07. The van der Waals surface area contributed by atoms with E-state index in [1.54, 1.807) is 13.8 Å². The molecule has 1 amide bonds. The molecule has 1 aromatic carbocycles. The molecule has 1 saturated heterocycles. The SMILES string of the molecule is CCCO[C@@H](Cn1c(=O)n([C@@]2(C)CNC(=O)C2)c(=O)c2c(C)c(-n3nccn3)sc21)c1cc(F)ccc1OC. The third kappa shape index (κ3) is 4.65. The number of fused-ring (bicyclic) bond motifs is 1. The summed E-state index contributed by atoms with van der Waals surface area (Å²) in [5, 5.41) is 12.1. The van der Waals surface area contributed by atoms with Crippen LogP contribution in [0.5, 0.6) is 5.75 Å². The highest BCUT2D eigenvalue weighted by Gasteiger charge is 2.40. The van der Waals surface area contributed by atoms with Crippen molar-refractivity contribution in [3.8, 4) is 10.8 Å². The molecule has 4 aromatic rings. The molecule has 0 spiro atoms. The molecule has 3 aromatic heterocycles. The van der Waals surface area contributed by atoms with E-state index in [0.29, 0.717) is 45.1 Å². The second kappa shape index (κ2) is 10.4. The van der Waals surface area contributed by atoms with Crippen LogP contribution >= 0.6 is 11.3 Å². The number of thiophene rings is 1. The van der Waals surface area contributed by atoms with Gasteiger partial charge in [-0.2, -0.15) is 10.2 Å². The van der Waals surface area contributed by atoms with Crippen molar-refractivity contribution in [1.82, 2.24) is 29.4 Å². The maximum absolute atomic E-state index is 14.4. The van der Waals surface area contributed by atoms with Gasteiger partial charge in [-0.15, -0.1) is 4.80 Å². The summed E-state index contributed by atoms with van der Waals surface area (Å²) in [5.41, 5.74) is -1.11. The van der Waals surface area contributed by atoms with Gasteiger partial charge in [0.2, 0.25) is 5.91 Å². The molecule has 1 N–H and O–H groups in total.